The number of fused-ring (bicyclic) bond motifs is 1. The zero-order valence-electron chi connectivity index (χ0n) is 17.0. The van der Waals surface area contributed by atoms with Gasteiger partial charge in [0, 0.05) is 11.6 Å². The second kappa shape index (κ2) is 7.59. The van der Waals surface area contributed by atoms with E-state index in [0.29, 0.717) is 17.1 Å². The third kappa shape index (κ3) is 3.38. The Hall–Kier alpha value is -3.47. The highest BCUT2D eigenvalue weighted by molar-refractivity contribution is 5.81. The lowest BCUT2D eigenvalue weighted by atomic mass is 9.98. The van der Waals surface area contributed by atoms with Crippen molar-refractivity contribution in [3.63, 3.8) is 0 Å². The molecule has 1 aromatic carbocycles. The number of nitrogens with one attached hydrogen (secondary N) is 2. The van der Waals surface area contributed by atoms with Gasteiger partial charge < -0.3 is 14.7 Å². The summed E-state index contributed by atoms with van der Waals surface area (Å²) < 4.78 is 47.9. The zero-order chi connectivity index (χ0) is 22.5. The number of aromatic amines is 1. The van der Waals surface area contributed by atoms with Crippen LogP contribution in [0.15, 0.2) is 39.5 Å². The van der Waals surface area contributed by atoms with Crippen LogP contribution in [0.2, 0.25) is 0 Å². The summed E-state index contributed by atoms with van der Waals surface area (Å²) in [7, 11) is 0. The first-order valence-electron chi connectivity index (χ1n) is 10.2. The van der Waals surface area contributed by atoms with Crippen molar-refractivity contribution < 1.29 is 17.6 Å². The number of aromatic nitrogens is 5. The fourth-order valence-corrected chi connectivity index (χ4v) is 4.08. The van der Waals surface area contributed by atoms with Crippen LogP contribution in [0.4, 0.5) is 13.2 Å². The highest BCUT2D eigenvalue weighted by Crippen LogP contribution is 2.38. The topological polar surface area (TPSA) is 101 Å². The van der Waals surface area contributed by atoms with Crippen molar-refractivity contribution in [2.75, 3.05) is 13.1 Å². The Kier molecular flexibility index (Phi) is 4.85. The third-order valence-corrected chi connectivity index (χ3v) is 5.65. The van der Waals surface area contributed by atoms with E-state index in [1.165, 1.54) is 12.1 Å². The maximum atomic E-state index is 13.8. The molecular formula is C21H19F3N6O2. The van der Waals surface area contributed by atoms with Gasteiger partial charge in [0.1, 0.15) is 11.2 Å². The van der Waals surface area contributed by atoms with Gasteiger partial charge in [-0.15, -0.1) is 10.2 Å². The van der Waals surface area contributed by atoms with Crippen LogP contribution in [-0.4, -0.2) is 37.9 Å². The summed E-state index contributed by atoms with van der Waals surface area (Å²) in [5.74, 6) is 0.457. The molecule has 5 rings (SSSR count). The van der Waals surface area contributed by atoms with Gasteiger partial charge in [-0.1, -0.05) is 30.3 Å². The predicted octanol–water partition coefficient (Wildman–Crippen LogP) is 3.53. The molecule has 4 aromatic rings. The van der Waals surface area contributed by atoms with Crippen LogP contribution < -0.4 is 10.9 Å². The molecule has 0 aliphatic carbocycles. The van der Waals surface area contributed by atoms with Gasteiger partial charge >= 0.3 is 6.18 Å². The standard InChI is InChI=1S/C21H19F3N6O2/c1-11-14(19-28-27-18(32-19)13-7-9-25-10-8-13)20(31)30-17(26-11)15(12-5-3-2-4-6-12)16(29-30)21(22,23)24/h2-6,13,25-26H,7-10H2,1H3. The summed E-state index contributed by atoms with van der Waals surface area (Å²) >= 11 is 0. The van der Waals surface area contributed by atoms with Crippen LogP contribution in [0.1, 0.15) is 36.0 Å². The number of hydrogen-bond donors (Lipinski definition) is 2. The number of hydrogen-bond acceptors (Lipinski definition) is 6. The van der Waals surface area contributed by atoms with Crippen molar-refractivity contribution in [2.24, 2.45) is 0 Å². The van der Waals surface area contributed by atoms with Crippen LogP contribution in [0.3, 0.4) is 0 Å². The molecular weight excluding hydrogens is 425 g/mol. The molecule has 1 aliphatic heterocycles. The normalized spacial score (nSPS) is 15.5. The summed E-state index contributed by atoms with van der Waals surface area (Å²) in [4.78, 5) is 16.1. The van der Waals surface area contributed by atoms with Crippen LogP contribution in [0.25, 0.3) is 28.2 Å². The molecule has 0 radical (unpaired) electrons. The Morgan fingerprint density at radius 1 is 1.09 bits per heavy atom. The van der Waals surface area contributed by atoms with Crippen LogP contribution >= 0.6 is 0 Å². The van der Waals surface area contributed by atoms with Crippen molar-refractivity contribution in [3.05, 3.63) is 58.0 Å². The van der Waals surface area contributed by atoms with E-state index in [-0.39, 0.29) is 28.6 Å². The molecule has 1 saturated heterocycles. The second-order valence-electron chi connectivity index (χ2n) is 7.75. The first-order valence-corrected chi connectivity index (χ1v) is 10.2. The molecule has 11 heteroatoms. The Bertz CT molecular complexity index is 1330. The van der Waals surface area contributed by atoms with Crippen LogP contribution in [0.5, 0.6) is 0 Å². The molecule has 0 amide bonds. The summed E-state index contributed by atoms with van der Waals surface area (Å²) in [6.45, 7) is 3.23. The second-order valence-corrected chi connectivity index (χ2v) is 7.75. The molecule has 0 saturated carbocycles. The molecule has 32 heavy (non-hydrogen) atoms. The Labute approximate surface area is 179 Å². The largest absolute Gasteiger partial charge is 0.435 e. The number of aryl methyl sites for hydroxylation is 1. The molecule has 2 N–H and O–H groups in total. The molecule has 0 spiro atoms. The number of rotatable bonds is 3. The van der Waals surface area contributed by atoms with E-state index in [2.05, 4.69) is 25.6 Å². The van der Waals surface area contributed by atoms with Crippen LogP contribution in [0, 0.1) is 6.92 Å². The van der Waals surface area contributed by atoms with E-state index in [9.17, 15) is 18.0 Å². The number of benzene rings is 1. The maximum absolute atomic E-state index is 13.8. The van der Waals surface area contributed by atoms with E-state index in [0.717, 1.165) is 30.4 Å². The lowest BCUT2D eigenvalue weighted by molar-refractivity contribution is -0.140. The Morgan fingerprint density at radius 3 is 2.50 bits per heavy atom. The van der Waals surface area contributed by atoms with Crippen molar-refractivity contribution >= 4 is 5.65 Å². The van der Waals surface area contributed by atoms with Crippen molar-refractivity contribution in [1.82, 2.24) is 30.1 Å². The molecule has 8 nitrogen and oxygen atoms in total. The summed E-state index contributed by atoms with van der Waals surface area (Å²) in [6.07, 6.45) is -3.10. The average molecular weight is 444 g/mol. The molecule has 0 bridgehead atoms. The highest BCUT2D eigenvalue weighted by atomic mass is 19.4. The van der Waals surface area contributed by atoms with Gasteiger partial charge in [0.05, 0.1) is 5.56 Å². The molecule has 0 unspecified atom stereocenters. The SMILES string of the molecule is Cc1[nH]c2c(-c3ccccc3)c(C(F)(F)F)nn2c(=O)c1-c1nnc(C2CCNCC2)o1. The molecule has 1 fully saturated rings. The van der Waals surface area contributed by atoms with E-state index >= 15 is 0 Å². The highest BCUT2D eigenvalue weighted by Gasteiger charge is 2.39. The number of H-pyrrole nitrogens is 1. The van der Waals surface area contributed by atoms with Gasteiger partial charge in [0.25, 0.3) is 11.4 Å². The molecule has 1 aliphatic rings. The minimum atomic E-state index is -4.75. The van der Waals surface area contributed by atoms with Crippen LogP contribution in [-0.2, 0) is 6.18 Å². The van der Waals surface area contributed by atoms with Crippen molar-refractivity contribution in [3.8, 4) is 22.6 Å². The monoisotopic (exact) mass is 444 g/mol. The first kappa shape index (κ1) is 20.4. The minimum Gasteiger partial charge on any atom is -0.420 e. The van der Waals surface area contributed by atoms with Gasteiger partial charge in [-0.25, -0.2) is 0 Å². The van der Waals surface area contributed by atoms with Gasteiger partial charge in [0.15, 0.2) is 5.69 Å². The lowest BCUT2D eigenvalue weighted by Crippen LogP contribution is -2.26. The van der Waals surface area contributed by atoms with Crippen molar-refractivity contribution in [2.45, 2.75) is 31.9 Å². The van der Waals surface area contributed by atoms with E-state index < -0.39 is 17.4 Å². The number of halogens is 3. The molecule has 3 aromatic heterocycles. The zero-order valence-corrected chi connectivity index (χ0v) is 17.0. The third-order valence-electron chi connectivity index (χ3n) is 5.65. The van der Waals surface area contributed by atoms with Gasteiger partial charge in [-0.3, -0.25) is 4.79 Å². The van der Waals surface area contributed by atoms with E-state index in [4.69, 9.17) is 4.42 Å². The smallest absolute Gasteiger partial charge is 0.420 e. The first-order chi connectivity index (χ1) is 15.3. The van der Waals surface area contributed by atoms with E-state index in [1.54, 1.807) is 25.1 Å². The van der Waals surface area contributed by atoms with E-state index in [1.807, 2.05) is 0 Å². The fraction of sp³-hybridized carbons (Fsp3) is 0.333. The predicted molar refractivity (Wildman–Crippen MR) is 109 cm³/mol. The summed E-state index contributed by atoms with van der Waals surface area (Å²) in [5.41, 5.74) is -1.53. The average Bonchev–Trinajstić information content (AvgIpc) is 3.40. The molecule has 4 heterocycles. The Balaban J connectivity index is 1.69. The minimum absolute atomic E-state index is 0.000945. The van der Waals surface area contributed by atoms with Gasteiger partial charge in [0.2, 0.25) is 5.89 Å². The van der Waals surface area contributed by atoms with Gasteiger partial charge in [-0.2, -0.15) is 22.8 Å². The summed E-state index contributed by atoms with van der Waals surface area (Å²) in [6, 6.07) is 8.02. The quantitative estimate of drug-likeness (QED) is 0.501. The fourth-order valence-electron chi connectivity index (χ4n) is 4.08. The lowest BCUT2D eigenvalue weighted by Gasteiger charge is -2.18. The molecule has 0 atom stereocenters. The Morgan fingerprint density at radius 2 is 1.81 bits per heavy atom. The molecule has 166 valence electrons. The van der Waals surface area contributed by atoms with Crippen molar-refractivity contribution in [1.29, 1.82) is 0 Å². The maximum Gasteiger partial charge on any atom is 0.435 e. The number of alkyl halides is 3. The van der Waals surface area contributed by atoms with Gasteiger partial charge in [-0.05, 0) is 38.4 Å². The number of piperidine rings is 1. The number of nitrogens with zero attached hydrogens (tertiary/aromatic N) is 4. The summed E-state index contributed by atoms with van der Waals surface area (Å²) in [5, 5.41) is 15.0.